The number of fused-ring (bicyclic) bond motifs is 1. The van der Waals surface area contributed by atoms with Crippen molar-refractivity contribution in [2.45, 2.75) is 19.4 Å². The molecule has 108 valence electrons. The van der Waals surface area contributed by atoms with Crippen LogP contribution in [0.15, 0.2) is 36.7 Å². The fourth-order valence-electron chi connectivity index (χ4n) is 2.18. The summed E-state index contributed by atoms with van der Waals surface area (Å²) in [6, 6.07) is 6.15. The molecule has 1 unspecified atom stereocenters. The average Bonchev–Trinajstić information content (AvgIpc) is 3.12. The van der Waals surface area contributed by atoms with E-state index >= 15 is 0 Å². The van der Waals surface area contributed by atoms with Crippen molar-refractivity contribution in [3.8, 4) is 0 Å². The van der Waals surface area contributed by atoms with E-state index < -0.39 is 0 Å². The highest BCUT2D eigenvalue weighted by molar-refractivity contribution is 7.20. The number of imidazole rings is 1. The van der Waals surface area contributed by atoms with E-state index in [1.807, 2.05) is 6.92 Å². The molecule has 6 heteroatoms. The number of hydrogen-bond donors (Lipinski definition) is 2. The highest BCUT2D eigenvalue weighted by atomic mass is 32.1. The number of nitrogens with zero attached hydrogens (tertiary/aromatic N) is 1. The van der Waals surface area contributed by atoms with E-state index in [-0.39, 0.29) is 17.8 Å². The van der Waals surface area contributed by atoms with Crippen molar-refractivity contribution in [3.05, 3.63) is 53.2 Å². The Balaban J connectivity index is 1.83. The van der Waals surface area contributed by atoms with E-state index in [2.05, 4.69) is 15.3 Å². The van der Waals surface area contributed by atoms with Crippen LogP contribution in [0.4, 0.5) is 4.39 Å². The van der Waals surface area contributed by atoms with Gasteiger partial charge in [0.05, 0.1) is 10.9 Å². The van der Waals surface area contributed by atoms with Gasteiger partial charge in [-0.15, -0.1) is 11.3 Å². The summed E-state index contributed by atoms with van der Waals surface area (Å²) in [4.78, 5) is 20.1. The van der Waals surface area contributed by atoms with Gasteiger partial charge in [0.2, 0.25) is 0 Å². The minimum Gasteiger partial charge on any atom is -0.347 e. The molecule has 0 saturated heterocycles. The lowest BCUT2D eigenvalue weighted by molar-refractivity contribution is 0.0938. The van der Waals surface area contributed by atoms with Crippen LogP contribution in [0.2, 0.25) is 0 Å². The molecular weight excluding hydrogens is 289 g/mol. The maximum atomic E-state index is 13.2. The summed E-state index contributed by atoms with van der Waals surface area (Å²) in [5.41, 5.74) is 0. The van der Waals surface area contributed by atoms with Gasteiger partial charge in [0, 0.05) is 17.1 Å². The normalized spacial score (nSPS) is 12.5. The van der Waals surface area contributed by atoms with E-state index in [9.17, 15) is 9.18 Å². The predicted molar refractivity (Wildman–Crippen MR) is 80.9 cm³/mol. The second-order valence-electron chi connectivity index (χ2n) is 4.70. The Bertz CT molecular complexity index is 766. The number of halogens is 1. The number of benzene rings is 1. The molecule has 0 bridgehead atoms. The SMILES string of the molecule is CCC(NC(=O)c1cc2ccc(F)cc2s1)c1ncc[nH]1. The Labute approximate surface area is 125 Å². The molecule has 1 atom stereocenters. The van der Waals surface area contributed by atoms with Crippen LogP contribution in [0.25, 0.3) is 10.1 Å². The molecular formula is C15H14FN3OS. The molecule has 0 saturated carbocycles. The number of H-pyrrole nitrogens is 1. The first-order chi connectivity index (χ1) is 10.2. The molecule has 0 aliphatic rings. The molecule has 3 rings (SSSR count). The highest BCUT2D eigenvalue weighted by Crippen LogP contribution is 2.27. The Morgan fingerprint density at radius 2 is 2.33 bits per heavy atom. The third-order valence-corrected chi connectivity index (χ3v) is 4.37. The molecule has 4 nitrogen and oxygen atoms in total. The second kappa shape index (κ2) is 5.65. The average molecular weight is 303 g/mol. The molecule has 3 aromatic rings. The van der Waals surface area contributed by atoms with Gasteiger partial charge in [-0.3, -0.25) is 4.79 Å². The van der Waals surface area contributed by atoms with Crippen LogP contribution < -0.4 is 5.32 Å². The monoisotopic (exact) mass is 303 g/mol. The van der Waals surface area contributed by atoms with Crippen molar-refractivity contribution < 1.29 is 9.18 Å². The molecule has 0 spiro atoms. The second-order valence-corrected chi connectivity index (χ2v) is 5.79. The predicted octanol–water partition coefficient (Wildman–Crippen LogP) is 3.64. The molecule has 1 aromatic carbocycles. The summed E-state index contributed by atoms with van der Waals surface area (Å²) in [6.45, 7) is 1.98. The van der Waals surface area contributed by atoms with E-state index in [1.165, 1.54) is 23.5 Å². The molecule has 0 fully saturated rings. The molecule has 1 amide bonds. The van der Waals surface area contributed by atoms with Crippen LogP contribution in [0.1, 0.15) is 34.9 Å². The van der Waals surface area contributed by atoms with Crippen LogP contribution in [0.3, 0.4) is 0 Å². The number of aromatic nitrogens is 2. The summed E-state index contributed by atoms with van der Waals surface area (Å²) in [5.74, 6) is 0.274. The van der Waals surface area contributed by atoms with E-state index in [0.717, 1.165) is 22.3 Å². The molecule has 0 aliphatic heterocycles. The van der Waals surface area contributed by atoms with Crippen LogP contribution in [-0.2, 0) is 0 Å². The van der Waals surface area contributed by atoms with Crippen molar-refractivity contribution in [2.24, 2.45) is 0 Å². The van der Waals surface area contributed by atoms with Crippen LogP contribution in [0.5, 0.6) is 0 Å². The van der Waals surface area contributed by atoms with Gasteiger partial charge < -0.3 is 10.3 Å². The van der Waals surface area contributed by atoms with Gasteiger partial charge in [-0.25, -0.2) is 9.37 Å². The van der Waals surface area contributed by atoms with Crippen molar-refractivity contribution in [1.29, 1.82) is 0 Å². The lowest BCUT2D eigenvalue weighted by atomic mass is 10.2. The maximum Gasteiger partial charge on any atom is 0.261 e. The smallest absolute Gasteiger partial charge is 0.261 e. The highest BCUT2D eigenvalue weighted by Gasteiger charge is 2.17. The number of aromatic amines is 1. The number of amides is 1. The summed E-state index contributed by atoms with van der Waals surface area (Å²) in [7, 11) is 0. The minimum atomic E-state index is -0.293. The number of carbonyl (C=O) groups is 1. The van der Waals surface area contributed by atoms with E-state index in [1.54, 1.807) is 24.5 Å². The van der Waals surface area contributed by atoms with Crippen LogP contribution in [-0.4, -0.2) is 15.9 Å². The van der Waals surface area contributed by atoms with Gasteiger partial charge in [-0.05, 0) is 30.0 Å². The molecule has 21 heavy (non-hydrogen) atoms. The number of nitrogens with one attached hydrogen (secondary N) is 2. The van der Waals surface area contributed by atoms with Gasteiger partial charge in [0.15, 0.2) is 0 Å². The minimum absolute atomic E-state index is 0.158. The molecule has 2 N–H and O–H groups in total. The molecule has 2 aromatic heterocycles. The third-order valence-electron chi connectivity index (χ3n) is 3.27. The number of carbonyl (C=O) groups excluding carboxylic acids is 1. The number of thiophene rings is 1. The quantitative estimate of drug-likeness (QED) is 0.773. The first-order valence-electron chi connectivity index (χ1n) is 6.66. The van der Waals surface area contributed by atoms with Gasteiger partial charge in [-0.1, -0.05) is 13.0 Å². The Morgan fingerprint density at radius 3 is 3.05 bits per heavy atom. The molecule has 0 aliphatic carbocycles. The number of rotatable bonds is 4. The van der Waals surface area contributed by atoms with Gasteiger partial charge in [0.25, 0.3) is 5.91 Å². The molecule has 0 radical (unpaired) electrons. The van der Waals surface area contributed by atoms with Crippen LogP contribution in [0, 0.1) is 5.82 Å². The molecule has 2 heterocycles. The third kappa shape index (κ3) is 2.80. The van der Waals surface area contributed by atoms with Gasteiger partial charge in [-0.2, -0.15) is 0 Å². The fraction of sp³-hybridized carbons (Fsp3) is 0.200. The van der Waals surface area contributed by atoms with Gasteiger partial charge in [0.1, 0.15) is 11.6 Å². The van der Waals surface area contributed by atoms with Crippen molar-refractivity contribution >= 4 is 27.3 Å². The fourth-order valence-corrected chi connectivity index (χ4v) is 3.17. The Kier molecular flexibility index (Phi) is 3.70. The Morgan fingerprint density at radius 1 is 1.48 bits per heavy atom. The van der Waals surface area contributed by atoms with E-state index in [0.29, 0.717) is 4.88 Å². The van der Waals surface area contributed by atoms with Crippen molar-refractivity contribution in [1.82, 2.24) is 15.3 Å². The zero-order chi connectivity index (χ0) is 14.8. The standard InChI is InChI=1S/C15H14FN3OS/c1-2-11(14-17-5-6-18-14)19-15(20)13-7-9-3-4-10(16)8-12(9)21-13/h3-8,11H,2H2,1H3,(H,17,18)(H,19,20). The summed E-state index contributed by atoms with van der Waals surface area (Å²) in [5, 5.41) is 3.82. The topological polar surface area (TPSA) is 57.8 Å². The zero-order valence-electron chi connectivity index (χ0n) is 11.4. The van der Waals surface area contributed by atoms with Gasteiger partial charge >= 0.3 is 0 Å². The van der Waals surface area contributed by atoms with Crippen LogP contribution >= 0.6 is 11.3 Å². The van der Waals surface area contributed by atoms with Crippen molar-refractivity contribution in [3.63, 3.8) is 0 Å². The lowest BCUT2D eigenvalue weighted by Crippen LogP contribution is -2.28. The lowest BCUT2D eigenvalue weighted by Gasteiger charge is -2.13. The summed E-state index contributed by atoms with van der Waals surface area (Å²) < 4.78 is 14.0. The maximum absolute atomic E-state index is 13.2. The number of hydrogen-bond acceptors (Lipinski definition) is 3. The summed E-state index contributed by atoms with van der Waals surface area (Å²) >= 11 is 1.29. The summed E-state index contributed by atoms with van der Waals surface area (Å²) in [6.07, 6.45) is 4.12. The first-order valence-corrected chi connectivity index (χ1v) is 7.48. The zero-order valence-corrected chi connectivity index (χ0v) is 12.2. The largest absolute Gasteiger partial charge is 0.347 e. The van der Waals surface area contributed by atoms with Crippen molar-refractivity contribution in [2.75, 3.05) is 0 Å². The first kappa shape index (κ1) is 13.8. The van der Waals surface area contributed by atoms with E-state index in [4.69, 9.17) is 0 Å². The Hall–Kier alpha value is -2.21.